The monoisotopic (exact) mass is 377 g/mol. The second-order valence-corrected chi connectivity index (χ2v) is 6.14. The molecule has 2 N–H and O–H groups in total. The molecule has 0 bridgehead atoms. The average Bonchev–Trinajstić information content (AvgIpc) is 2.71. The van der Waals surface area contributed by atoms with Crippen LogP contribution in [0, 0.1) is 6.92 Å². The van der Waals surface area contributed by atoms with Crippen LogP contribution in [-0.4, -0.2) is 24.1 Å². The van der Waals surface area contributed by atoms with Crippen molar-refractivity contribution in [3.8, 4) is 11.5 Å². The van der Waals surface area contributed by atoms with Crippen molar-refractivity contribution in [2.45, 2.75) is 13.8 Å². The van der Waals surface area contributed by atoms with E-state index in [0.717, 1.165) is 22.7 Å². The van der Waals surface area contributed by atoms with Crippen LogP contribution in [0.4, 0.5) is 17.2 Å². The van der Waals surface area contributed by atoms with Crippen LogP contribution in [0.1, 0.15) is 12.5 Å². The van der Waals surface area contributed by atoms with Crippen LogP contribution in [0.3, 0.4) is 0 Å². The van der Waals surface area contributed by atoms with Crippen LogP contribution in [0.15, 0.2) is 66.9 Å². The van der Waals surface area contributed by atoms with Gasteiger partial charge in [-0.1, -0.05) is 29.8 Å². The third-order valence-corrected chi connectivity index (χ3v) is 3.89. The fourth-order valence-corrected chi connectivity index (χ4v) is 2.51. The summed E-state index contributed by atoms with van der Waals surface area (Å²) in [5, 5.41) is 5.98. The summed E-state index contributed by atoms with van der Waals surface area (Å²) in [6, 6.07) is 18.8. The smallest absolute Gasteiger partial charge is 0.263 e. The predicted octanol–water partition coefficient (Wildman–Crippen LogP) is 4.55. The fourth-order valence-electron chi connectivity index (χ4n) is 2.51. The van der Waals surface area contributed by atoms with Crippen molar-refractivity contribution >= 4 is 23.1 Å². The van der Waals surface area contributed by atoms with Gasteiger partial charge in [0.25, 0.3) is 5.91 Å². The summed E-state index contributed by atoms with van der Waals surface area (Å²) in [6.45, 7) is 4.45. The second-order valence-electron chi connectivity index (χ2n) is 6.14. The topological polar surface area (TPSA) is 72.5 Å². The molecule has 0 spiro atoms. The van der Waals surface area contributed by atoms with Gasteiger partial charge in [0.1, 0.15) is 17.3 Å². The molecule has 28 heavy (non-hydrogen) atoms. The molecule has 2 aromatic carbocycles. The Morgan fingerprint density at radius 3 is 2.50 bits per heavy atom. The van der Waals surface area contributed by atoms with Gasteiger partial charge in [0, 0.05) is 0 Å². The Morgan fingerprint density at radius 1 is 1.00 bits per heavy atom. The minimum atomic E-state index is -0.268. The number of anilines is 3. The largest absolute Gasteiger partial charge is 0.492 e. The SMILES string of the molecule is CCOc1ccccc1Nc1ccc(NC(=O)COc2ccc(C)cc2)nc1. The lowest BCUT2D eigenvalue weighted by atomic mass is 10.2. The summed E-state index contributed by atoms with van der Waals surface area (Å²) in [6.07, 6.45) is 1.65. The molecule has 0 aliphatic rings. The molecule has 1 aromatic heterocycles. The van der Waals surface area contributed by atoms with Crippen molar-refractivity contribution in [3.05, 3.63) is 72.4 Å². The van der Waals surface area contributed by atoms with Gasteiger partial charge in [0.2, 0.25) is 0 Å². The minimum absolute atomic E-state index is 0.0769. The predicted molar refractivity (Wildman–Crippen MR) is 110 cm³/mol. The van der Waals surface area contributed by atoms with E-state index in [4.69, 9.17) is 9.47 Å². The maximum atomic E-state index is 12.0. The van der Waals surface area contributed by atoms with Crippen molar-refractivity contribution < 1.29 is 14.3 Å². The number of pyridine rings is 1. The van der Waals surface area contributed by atoms with Gasteiger partial charge in [0.05, 0.1) is 24.2 Å². The number of carbonyl (C=O) groups is 1. The highest BCUT2D eigenvalue weighted by Gasteiger charge is 2.06. The van der Waals surface area contributed by atoms with E-state index in [9.17, 15) is 4.79 Å². The molecule has 6 heteroatoms. The summed E-state index contributed by atoms with van der Waals surface area (Å²) in [7, 11) is 0. The first kappa shape index (κ1) is 19.2. The Morgan fingerprint density at radius 2 is 1.79 bits per heavy atom. The van der Waals surface area contributed by atoms with Crippen LogP contribution in [0.5, 0.6) is 11.5 Å². The number of rotatable bonds is 8. The second kappa shape index (κ2) is 9.41. The molecule has 0 aliphatic heterocycles. The van der Waals surface area contributed by atoms with Gasteiger partial charge in [-0.25, -0.2) is 4.98 Å². The maximum absolute atomic E-state index is 12.0. The van der Waals surface area contributed by atoms with Crippen molar-refractivity contribution in [2.75, 3.05) is 23.8 Å². The van der Waals surface area contributed by atoms with E-state index < -0.39 is 0 Å². The van der Waals surface area contributed by atoms with E-state index >= 15 is 0 Å². The lowest BCUT2D eigenvalue weighted by Gasteiger charge is -2.12. The third kappa shape index (κ3) is 5.48. The van der Waals surface area contributed by atoms with E-state index in [1.807, 2.05) is 68.4 Å². The number of aryl methyl sites for hydroxylation is 1. The highest BCUT2D eigenvalue weighted by molar-refractivity contribution is 5.91. The van der Waals surface area contributed by atoms with E-state index in [0.29, 0.717) is 18.2 Å². The molecule has 0 radical (unpaired) electrons. The van der Waals surface area contributed by atoms with Gasteiger partial charge in [-0.2, -0.15) is 0 Å². The van der Waals surface area contributed by atoms with Crippen LogP contribution < -0.4 is 20.1 Å². The maximum Gasteiger partial charge on any atom is 0.263 e. The van der Waals surface area contributed by atoms with Gasteiger partial charge in [-0.15, -0.1) is 0 Å². The highest BCUT2D eigenvalue weighted by atomic mass is 16.5. The Labute approximate surface area is 164 Å². The zero-order valence-electron chi connectivity index (χ0n) is 15.9. The molecule has 0 unspecified atom stereocenters. The van der Waals surface area contributed by atoms with Crippen molar-refractivity contribution in [2.24, 2.45) is 0 Å². The fraction of sp³-hybridized carbons (Fsp3) is 0.182. The van der Waals surface area contributed by atoms with Crippen LogP contribution in [0.25, 0.3) is 0 Å². The number of aromatic nitrogens is 1. The Hall–Kier alpha value is -3.54. The first-order chi connectivity index (χ1) is 13.6. The molecule has 0 saturated carbocycles. The van der Waals surface area contributed by atoms with E-state index in [2.05, 4.69) is 15.6 Å². The van der Waals surface area contributed by atoms with E-state index in [1.165, 1.54) is 0 Å². The summed E-state index contributed by atoms with van der Waals surface area (Å²) in [4.78, 5) is 16.3. The molecule has 3 aromatic rings. The van der Waals surface area contributed by atoms with Gasteiger partial charge in [0.15, 0.2) is 6.61 Å². The lowest BCUT2D eigenvalue weighted by Crippen LogP contribution is -2.20. The molecule has 1 amide bonds. The summed E-state index contributed by atoms with van der Waals surface area (Å²) < 4.78 is 11.1. The van der Waals surface area contributed by atoms with Gasteiger partial charge in [-0.05, 0) is 50.2 Å². The van der Waals surface area contributed by atoms with Gasteiger partial charge >= 0.3 is 0 Å². The average molecular weight is 377 g/mol. The molecule has 0 aliphatic carbocycles. The molecule has 1 heterocycles. The zero-order chi connectivity index (χ0) is 19.8. The Kier molecular flexibility index (Phi) is 6.46. The van der Waals surface area contributed by atoms with Gasteiger partial charge < -0.3 is 20.1 Å². The van der Waals surface area contributed by atoms with Crippen molar-refractivity contribution in [1.82, 2.24) is 4.98 Å². The number of benzene rings is 2. The van der Waals surface area contributed by atoms with Crippen LogP contribution in [-0.2, 0) is 4.79 Å². The zero-order valence-corrected chi connectivity index (χ0v) is 15.9. The standard InChI is InChI=1S/C22H23N3O3/c1-3-27-20-7-5-4-6-19(20)24-17-10-13-21(23-14-17)25-22(26)15-28-18-11-8-16(2)9-12-18/h4-14,24H,3,15H2,1-2H3,(H,23,25,26). The molecule has 6 nitrogen and oxygen atoms in total. The molecule has 144 valence electrons. The molecular weight excluding hydrogens is 354 g/mol. The van der Waals surface area contributed by atoms with Crippen LogP contribution in [0.2, 0.25) is 0 Å². The lowest BCUT2D eigenvalue weighted by molar-refractivity contribution is -0.118. The molecule has 0 fully saturated rings. The molecule has 0 saturated heterocycles. The van der Waals surface area contributed by atoms with Crippen molar-refractivity contribution in [1.29, 1.82) is 0 Å². The quantitative estimate of drug-likeness (QED) is 0.602. The normalized spacial score (nSPS) is 10.2. The molecule has 0 atom stereocenters. The van der Waals surface area contributed by atoms with Crippen molar-refractivity contribution in [3.63, 3.8) is 0 Å². The Balaban J connectivity index is 1.54. The summed E-state index contributed by atoms with van der Waals surface area (Å²) >= 11 is 0. The third-order valence-electron chi connectivity index (χ3n) is 3.89. The molecule has 3 rings (SSSR count). The number of carbonyl (C=O) groups excluding carboxylic acids is 1. The number of ether oxygens (including phenoxy) is 2. The number of nitrogens with zero attached hydrogens (tertiary/aromatic N) is 1. The highest BCUT2D eigenvalue weighted by Crippen LogP contribution is 2.27. The first-order valence-electron chi connectivity index (χ1n) is 9.08. The molecular formula is C22H23N3O3. The summed E-state index contributed by atoms with van der Waals surface area (Å²) in [5.41, 5.74) is 2.79. The minimum Gasteiger partial charge on any atom is -0.492 e. The number of hydrogen-bond donors (Lipinski definition) is 2. The number of amides is 1. The Bertz CT molecular complexity index is 909. The first-order valence-corrected chi connectivity index (χ1v) is 9.08. The van der Waals surface area contributed by atoms with Gasteiger partial charge in [-0.3, -0.25) is 4.79 Å². The number of hydrogen-bond acceptors (Lipinski definition) is 5. The van der Waals surface area contributed by atoms with E-state index in [-0.39, 0.29) is 12.5 Å². The summed E-state index contributed by atoms with van der Waals surface area (Å²) in [5.74, 6) is 1.62. The van der Waals surface area contributed by atoms with Crippen LogP contribution >= 0.6 is 0 Å². The number of para-hydroxylation sites is 2. The number of nitrogens with one attached hydrogen (secondary N) is 2. The van der Waals surface area contributed by atoms with E-state index in [1.54, 1.807) is 12.3 Å².